The summed E-state index contributed by atoms with van der Waals surface area (Å²) in [4.78, 5) is 15.1. The van der Waals surface area contributed by atoms with Crippen LogP contribution in [0.5, 0.6) is 0 Å². The van der Waals surface area contributed by atoms with Crippen molar-refractivity contribution in [1.29, 1.82) is 0 Å². The SMILES string of the molecule is O=C(N1CCCC1CCCO)C1(c2ccc(Br)cc2)CC1. The lowest BCUT2D eigenvalue weighted by molar-refractivity contribution is -0.135. The molecule has 1 atom stereocenters. The molecule has 0 radical (unpaired) electrons. The molecule has 1 aromatic carbocycles. The summed E-state index contributed by atoms with van der Waals surface area (Å²) in [6.07, 6.45) is 5.84. The second kappa shape index (κ2) is 6.09. The summed E-state index contributed by atoms with van der Waals surface area (Å²) in [7, 11) is 0. The van der Waals surface area contributed by atoms with Gasteiger partial charge in [0, 0.05) is 23.7 Å². The first-order valence-corrected chi connectivity index (χ1v) is 8.65. The van der Waals surface area contributed by atoms with Crippen LogP contribution in [-0.2, 0) is 10.2 Å². The average Bonchev–Trinajstić information content (AvgIpc) is 3.17. The third kappa shape index (κ3) is 2.88. The van der Waals surface area contributed by atoms with Crippen molar-refractivity contribution in [1.82, 2.24) is 4.90 Å². The van der Waals surface area contributed by atoms with Gasteiger partial charge < -0.3 is 10.0 Å². The highest BCUT2D eigenvalue weighted by Crippen LogP contribution is 2.50. The van der Waals surface area contributed by atoms with E-state index in [-0.39, 0.29) is 12.0 Å². The number of hydrogen-bond acceptors (Lipinski definition) is 2. The number of rotatable bonds is 5. The zero-order chi connectivity index (χ0) is 14.9. The van der Waals surface area contributed by atoms with Crippen molar-refractivity contribution in [2.24, 2.45) is 0 Å². The number of amides is 1. The molecule has 1 aliphatic carbocycles. The Morgan fingerprint density at radius 3 is 2.67 bits per heavy atom. The number of carbonyl (C=O) groups excluding carboxylic acids is 1. The number of aliphatic hydroxyl groups excluding tert-OH is 1. The summed E-state index contributed by atoms with van der Waals surface area (Å²) < 4.78 is 1.05. The lowest BCUT2D eigenvalue weighted by Gasteiger charge is -2.29. The maximum Gasteiger partial charge on any atom is 0.233 e. The maximum absolute atomic E-state index is 13.0. The van der Waals surface area contributed by atoms with E-state index >= 15 is 0 Å². The number of carbonyl (C=O) groups is 1. The molecule has 1 saturated carbocycles. The van der Waals surface area contributed by atoms with Crippen molar-refractivity contribution in [3.8, 4) is 0 Å². The van der Waals surface area contributed by atoms with E-state index in [9.17, 15) is 4.79 Å². The van der Waals surface area contributed by atoms with Gasteiger partial charge in [0.15, 0.2) is 0 Å². The number of hydrogen-bond donors (Lipinski definition) is 1. The molecule has 1 aliphatic heterocycles. The van der Waals surface area contributed by atoms with Gasteiger partial charge in [0.05, 0.1) is 5.41 Å². The van der Waals surface area contributed by atoms with Gasteiger partial charge in [-0.2, -0.15) is 0 Å². The van der Waals surface area contributed by atoms with Crippen LogP contribution >= 0.6 is 15.9 Å². The van der Waals surface area contributed by atoms with E-state index in [1.165, 1.54) is 0 Å². The molecule has 1 N–H and O–H groups in total. The van der Waals surface area contributed by atoms with Gasteiger partial charge in [-0.25, -0.2) is 0 Å². The van der Waals surface area contributed by atoms with Gasteiger partial charge in [-0.05, 0) is 56.2 Å². The van der Waals surface area contributed by atoms with Gasteiger partial charge >= 0.3 is 0 Å². The molecule has 3 rings (SSSR count). The van der Waals surface area contributed by atoms with Gasteiger partial charge in [-0.15, -0.1) is 0 Å². The van der Waals surface area contributed by atoms with Crippen LogP contribution in [0.2, 0.25) is 0 Å². The van der Waals surface area contributed by atoms with Crippen LogP contribution in [0, 0.1) is 0 Å². The van der Waals surface area contributed by atoms with Crippen LogP contribution < -0.4 is 0 Å². The highest BCUT2D eigenvalue weighted by atomic mass is 79.9. The summed E-state index contributed by atoms with van der Waals surface area (Å²) in [5, 5.41) is 9.02. The van der Waals surface area contributed by atoms with E-state index in [0.29, 0.717) is 11.9 Å². The number of aliphatic hydroxyl groups is 1. The van der Waals surface area contributed by atoms with Crippen LogP contribution in [0.15, 0.2) is 28.7 Å². The summed E-state index contributed by atoms with van der Waals surface area (Å²) in [6.45, 7) is 1.10. The number of benzene rings is 1. The molecule has 1 saturated heterocycles. The first-order valence-electron chi connectivity index (χ1n) is 7.85. The van der Waals surface area contributed by atoms with Crippen LogP contribution in [-0.4, -0.2) is 35.1 Å². The molecule has 21 heavy (non-hydrogen) atoms. The maximum atomic E-state index is 13.0. The first kappa shape index (κ1) is 15.0. The third-order valence-corrected chi connectivity index (χ3v) is 5.42. The Labute approximate surface area is 134 Å². The second-order valence-electron chi connectivity index (χ2n) is 6.25. The van der Waals surface area contributed by atoms with Crippen molar-refractivity contribution >= 4 is 21.8 Å². The Bertz CT molecular complexity index is 510. The van der Waals surface area contributed by atoms with Gasteiger partial charge in [-0.1, -0.05) is 28.1 Å². The molecule has 3 nitrogen and oxygen atoms in total. The minimum absolute atomic E-state index is 0.219. The normalized spacial score (nSPS) is 23.3. The molecule has 0 aromatic heterocycles. The van der Waals surface area contributed by atoms with Gasteiger partial charge in [-0.3, -0.25) is 4.79 Å². The molecule has 0 spiro atoms. The molecule has 1 heterocycles. The number of likely N-dealkylation sites (tertiary alicyclic amines) is 1. The first-order chi connectivity index (χ1) is 10.2. The van der Waals surface area contributed by atoms with Gasteiger partial charge in [0.1, 0.15) is 0 Å². The highest BCUT2D eigenvalue weighted by Gasteiger charge is 2.54. The average molecular weight is 352 g/mol. The number of nitrogens with zero attached hydrogens (tertiary/aromatic N) is 1. The Hall–Kier alpha value is -0.870. The fourth-order valence-corrected chi connectivity index (χ4v) is 3.79. The quantitative estimate of drug-likeness (QED) is 0.884. The zero-order valence-corrected chi connectivity index (χ0v) is 13.8. The van der Waals surface area contributed by atoms with Crippen molar-refractivity contribution in [2.75, 3.05) is 13.2 Å². The summed E-state index contributed by atoms with van der Waals surface area (Å²) in [5.41, 5.74) is 0.895. The highest BCUT2D eigenvalue weighted by molar-refractivity contribution is 9.10. The Kier molecular flexibility index (Phi) is 4.36. The van der Waals surface area contributed by atoms with Crippen LogP contribution in [0.4, 0.5) is 0 Å². The molecule has 1 amide bonds. The monoisotopic (exact) mass is 351 g/mol. The predicted molar refractivity (Wildman–Crippen MR) is 86.1 cm³/mol. The van der Waals surface area contributed by atoms with Gasteiger partial charge in [0.25, 0.3) is 0 Å². The minimum Gasteiger partial charge on any atom is -0.396 e. The molecule has 114 valence electrons. The Morgan fingerprint density at radius 1 is 1.33 bits per heavy atom. The van der Waals surface area contributed by atoms with E-state index in [1.807, 2.05) is 12.1 Å². The molecular formula is C17H22BrNO2. The van der Waals surface area contributed by atoms with E-state index in [4.69, 9.17) is 5.11 Å². The predicted octanol–water partition coefficient (Wildman–Crippen LogP) is 3.24. The van der Waals surface area contributed by atoms with Crippen LogP contribution in [0.3, 0.4) is 0 Å². The largest absolute Gasteiger partial charge is 0.396 e. The van der Waals surface area contributed by atoms with Crippen LogP contribution in [0.25, 0.3) is 0 Å². The summed E-state index contributed by atoms with van der Waals surface area (Å²) in [5.74, 6) is 0.310. The summed E-state index contributed by atoms with van der Waals surface area (Å²) in [6, 6.07) is 8.53. The van der Waals surface area contributed by atoms with E-state index in [2.05, 4.69) is 33.0 Å². The van der Waals surface area contributed by atoms with E-state index in [0.717, 1.165) is 55.1 Å². The van der Waals surface area contributed by atoms with Crippen molar-refractivity contribution in [2.45, 2.75) is 50.0 Å². The molecule has 0 bridgehead atoms. The molecule has 2 aliphatic rings. The lowest BCUT2D eigenvalue weighted by atomic mass is 9.93. The van der Waals surface area contributed by atoms with Crippen molar-refractivity contribution in [3.05, 3.63) is 34.3 Å². The Morgan fingerprint density at radius 2 is 2.05 bits per heavy atom. The second-order valence-corrected chi connectivity index (χ2v) is 7.17. The Balaban J connectivity index is 1.76. The van der Waals surface area contributed by atoms with Crippen molar-refractivity contribution in [3.63, 3.8) is 0 Å². The topological polar surface area (TPSA) is 40.5 Å². The lowest BCUT2D eigenvalue weighted by Crippen LogP contribution is -2.42. The summed E-state index contributed by atoms with van der Waals surface area (Å²) >= 11 is 3.45. The minimum atomic E-state index is -0.261. The molecule has 2 fully saturated rings. The van der Waals surface area contributed by atoms with E-state index < -0.39 is 0 Å². The zero-order valence-electron chi connectivity index (χ0n) is 12.2. The van der Waals surface area contributed by atoms with Crippen LogP contribution in [0.1, 0.15) is 44.1 Å². The molecule has 1 aromatic rings. The molecule has 4 heteroatoms. The molecule has 1 unspecified atom stereocenters. The molecular weight excluding hydrogens is 330 g/mol. The fourth-order valence-electron chi connectivity index (χ4n) is 3.52. The van der Waals surface area contributed by atoms with Crippen molar-refractivity contribution < 1.29 is 9.90 Å². The number of halogens is 1. The van der Waals surface area contributed by atoms with Gasteiger partial charge in [0.2, 0.25) is 5.91 Å². The third-order valence-electron chi connectivity index (χ3n) is 4.89. The smallest absolute Gasteiger partial charge is 0.233 e. The van der Waals surface area contributed by atoms with E-state index in [1.54, 1.807) is 0 Å². The fraction of sp³-hybridized carbons (Fsp3) is 0.588. The standard InChI is InChI=1S/C17H22BrNO2/c18-14-7-5-13(6-8-14)17(9-10-17)16(21)19-11-1-3-15(19)4-2-12-20/h5-8,15,20H,1-4,9-12H2.